The monoisotopic (exact) mass is 468 g/mol. The van der Waals surface area contributed by atoms with Gasteiger partial charge in [0, 0.05) is 0 Å². The number of thioether (sulfide) groups is 1. The number of carboxylic acids is 1. The Bertz CT molecular complexity index is 913. The van der Waals surface area contributed by atoms with Gasteiger partial charge in [-0.05, 0) is 79.5 Å². The lowest BCUT2D eigenvalue weighted by Crippen LogP contribution is -1.97. The summed E-state index contributed by atoms with van der Waals surface area (Å²) >= 11 is 7.50. The Kier molecular flexibility index (Phi) is 4.98. The van der Waals surface area contributed by atoms with Crippen molar-refractivity contribution in [3.8, 4) is 5.75 Å². The lowest BCUT2D eigenvalue weighted by molar-refractivity contribution is -0.131. The number of hydrogen-bond donors (Lipinski definition) is 3. The van der Waals surface area contributed by atoms with Crippen LogP contribution < -0.4 is 0 Å². The summed E-state index contributed by atoms with van der Waals surface area (Å²) in [4.78, 5) is 19.1. The first-order valence-corrected chi connectivity index (χ1v) is 9.10. The molecule has 0 aliphatic rings. The number of halogens is 2. The summed E-state index contributed by atoms with van der Waals surface area (Å²) in [5.41, 5.74) is 2.26. The van der Waals surface area contributed by atoms with E-state index in [2.05, 4.69) is 41.8 Å². The van der Waals surface area contributed by atoms with Gasteiger partial charge >= 0.3 is 5.97 Å². The van der Waals surface area contributed by atoms with Gasteiger partial charge in [0.25, 0.3) is 0 Å². The van der Waals surface area contributed by atoms with Crippen LogP contribution in [0.4, 0.5) is 0 Å². The molecular formula is C16H10Br2N2O3S. The van der Waals surface area contributed by atoms with Gasteiger partial charge in [-0.2, -0.15) is 0 Å². The second-order valence-corrected chi connectivity index (χ2v) is 7.55. The Morgan fingerprint density at radius 3 is 2.50 bits per heavy atom. The van der Waals surface area contributed by atoms with E-state index in [1.165, 1.54) is 6.08 Å². The molecule has 0 bridgehead atoms. The quantitative estimate of drug-likeness (QED) is 0.369. The number of hydrogen-bond acceptors (Lipinski definition) is 4. The molecule has 3 rings (SSSR count). The molecule has 0 radical (unpaired) electrons. The fraction of sp³-hybridized carbons (Fsp3) is 0. The molecule has 0 amide bonds. The third-order valence-electron chi connectivity index (χ3n) is 3.12. The van der Waals surface area contributed by atoms with Crippen LogP contribution in [0.15, 0.2) is 55.4 Å². The van der Waals surface area contributed by atoms with Crippen molar-refractivity contribution < 1.29 is 15.0 Å². The number of nitrogens with one attached hydrogen (secondary N) is 1. The number of carboxylic acid groups (broad SMARTS) is 1. The number of aromatic amines is 1. The molecule has 1 heterocycles. The Labute approximate surface area is 158 Å². The van der Waals surface area contributed by atoms with Crippen molar-refractivity contribution in [3.05, 3.63) is 55.8 Å². The van der Waals surface area contributed by atoms with Crippen LogP contribution in [0.5, 0.6) is 5.75 Å². The van der Waals surface area contributed by atoms with Crippen LogP contribution in [-0.2, 0) is 4.79 Å². The number of aliphatic carboxylic acids is 1. The molecule has 5 nitrogen and oxygen atoms in total. The van der Waals surface area contributed by atoms with E-state index in [0.717, 1.165) is 22.8 Å². The molecule has 0 spiro atoms. The van der Waals surface area contributed by atoms with Crippen LogP contribution in [0.25, 0.3) is 17.1 Å². The van der Waals surface area contributed by atoms with E-state index in [1.807, 2.05) is 24.3 Å². The molecule has 0 fully saturated rings. The first-order valence-electron chi connectivity index (χ1n) is 6.69. The molecule has 0 atom stereocenters. The number of benzene rings is 2. The minimum atomic E-state index is -1.05. The summed E-state index contributed by atoms with van der Waals surface area (Å²) in [7, 11) is 0. The van der Waals surface area contributed by atoms with Crippen molar-refractivity contribution in [1.82, 2.24) is 9.97 Å². The fourth-order valence-corrected chi connectivity index (χ4v) is 4.05. The van der Waals surface area contributed by atoms with Crippen molar-refractivity contribution in [3.63, 3.8) is 0 Å². The van der Waals surface area contributed by atoms with Crippen molar-refractivity contribution in [2.75, 3.05) is 0 Å². The number of rotatable bonds is 4. The highest BCUT2D eigenvalue weighted by atomic mass is 79.9. The van der Waals surface area contributed by atoms with E-state index in [4.69, 9.17) is 0 Å². The molecule has 122 valence electrons. The zero-order chi connectivity index (χ0) is 17.3. The number of para-hydroxylation sites is 2. The Hall–Kier alpha value is -1.77. The van der Waals surface area contributed by atoms with Gasteiger partial charge in [0.05, 0.1) is 20.0 Å². The zero-order valence-electron chi connectivity index (χ0n) is 12.0. The van der Waals surface area contributed by atoms with Crippen molar-refractivity contribution in [2.45, 2.75) is 5.16 Å². The van der Waals surface area contributed by atoms with Crippen LogP contribution in [0.1, 0.15) is 5.56 Å². The molecule has 3 N–H and O–H groups in total. The lowest BCUT2D eigenvalue weighted by atomic mass is 10.2. The molecule has 0 aliphatic heterocycles. The summed E-state index contributed by atoms with van der Waals surface area (Å²) in [5.74, 6) is -0.991. The van der Waals surface area contributed by atoms with Gasteiger partial charge in [0.2, 0.25) is 0 Å². The summed E-state index contributed by atoms with van der Waals surface area (Å²) in [6.07, 6.45) is 1.52. The second-order valence-electron chi connectivity index (χ2n) is 4.81. The van der Waals surface area contributed by atoms with E-state index < -0.39 is 5.97 Å². The van der Waals surface area contributed by atoms with Crippen LogP contribution in [0, 0.1) is 0 Å². The Morgan fingerprint density at radius 1 is 1.21 bits per heavy atom. The van der Waals surface area contributed by atoms with E-state index >= 15 is 0 Å². The number of phenols is 1. The molecule has 1 aromatic heterocycles. The topological polar surface area (TPSA) is 86.2 Å². The van der Waals surface area contributed by atoms with Crippen LogP contribution >= 0.6 is 43.6 Å². The summed E-state index contributed by atoms with van der Waals surface area (Å²) < 4.78 is 0.947. The number of nitrogens with zero attached hydrogens (tertiary/aromatic N) is 1. The maximum atomic E-state index is 11.6. The maximum Gasteiger partial charge on any atom is 0.342 e. The van der Waals surface area contributed by atoms with E-state index in [1.54, 1.807) is 12.1 Å². The molecule has 8 heteroatoms. The molecule has 0 saturated heterocycles. The highest BCUT2D eigenvalue weighted by molar-refractivity contribution is 9.11. The van der Waals surface area contributed by atoms with Crippen molar-refractivity contribution in [2.24, 2.45) is 0 Å². The maximum absolute atomic E-state index is 11.6. The zero-order valence-corrected chi connectivity index (χ0v) is 15.9. The summed E-state index contributed by atoms with van der Waals surface area (Å²) in [6, 6.07) is 10.8. The number of aromatic nitrogens is 2. The fourth-order valence-electron chi connectivity index (χ4n) is 2.04. The number of aromatic hydroxyl groups is 1. The lowest BCUT2D eigenvalue weighted by Gasteiger charge is -2.04. The number of phenolic OH excluding ortho intramolecular Hbond substituents is 1. The minimum absolute atomic E-state index is 0.0639. The molecule has 0 aliphatic carbocycles. The minimum Gasteiger partial charge on any atom is -0.506 e. The van der Waals surface area contributed by atoms with Gasteiger partial charge in [-0.15, -0.1) is 0 Å². The molecule has 3 aromatic rings. The largest absolute Gasteiger partial charge is 0.506 e. The molecule has 0 unspecified atom stereocenters. The van der Waals surface area contributed by atoms with Gasteiger partial charge in [0.15, 0.2) is 5.16 Å². The van der Waals surface area contributed by atoms with Crippen LogP contribution in [0.3, 0.4) is 0 Å². The Morgan fingerprint density at radius 2 is 1.88 bits per heavy atom. The normalized spacial score (nSPS) is 11.8. The van der Waals surface area contributed by atoms with Gasteiger partial charge in [-0.1, -0.05) is 12.1 Å². The number of H-pyrrole nitrogens is 1. The Balaban J connectivity index is 1.96. The van der Waals surface area contributed by atoms with E-state index in [9.17, 15) is 15.0 Å². The number of fused-ring (bicyclic) bond motifs is 1. The van der Waals surface area contributed by atoms with E-state index in [0.29, 0.717) is 19.7 Å². The average Bonchev–Trinajstić information content (AvgIpc) is 2.94. The molecule has 0 saturated carbocycles. The summed E-state index contributed by atoms with van der Waals surface area (Å²) in [6.45, 7) is 0. The standard InChI is InChI=1S/C16H10Br2N2O3S/c17-9-5-8(6-10(18)14(9)21)7-13(15(22)23)24-16-19-11-3-1-2-4-12(11)20-16/h1-7,21H,(H,19,20)(H,22,23)/b13-7-. The van der Waals surface area contributed by atoms with E-state index in [-0.39, 0.29) is 10.7 Å². The van der Waals surface area contributed by atoms with Crippen LogP contribution in [-0.4, -0.2) is 26.2 Å². The predicted octanol–water partition coefficient (Wildman–Crippen LogP) is 5.01. The second kappa shape index (κ2) is 7.00. The molecule has 2 aromatic carbocycles. The third kappa shape index (κ3) is 3.66. The SMILES string of the molecule is O=C(O)/C(=C/c1cc(Br)c(O)c(Br)c1)Sc1nc2ccccc2[nH]1. The number of carbonyl (C=O) groups is 1. The smallest absolute Gasteiger partial charge is 0.342 e. The molecular weight excluding hydrogens is 460 g/mol. The highest BCUT2D eigenvalue weighted by Gasteiger charge is 2.14. The molecule has 24 heavy (non-hydrogen) atoms. The first kappa shape index (κ1) is 17.1. The first-order chi connectivity index (χ1) is 11.4. The van der Waals surface area contributed by atoms with Crippen LogP contribution in [0.2, 0.25) is 0 Å². The van der Waals surface area contributed by atoms with Gasteiger partial charge in [0.1, 0.15) is 10.7 Å². The summed E-state index contributed by atoms with van der Waals surface area (Å²) in [5, 5.41) is 19.7. The van der Waals surface area contributed by atoms with Crippen molar-refractivity contribution in [1.29, 1.82) is 0 Å². The average molecular weight is 470 g/mol. The van der Waals surface area contributed by atoms with Crippen molar-refractivity contribution >= 4 is 66.7 Å². The third-order valence-corrected chi connectivity index (χ3v) is 5.23. The van der Waals surface area contributed by atoms with Gasteiger partial charge in [-0.25, -0.2) is 9.78 Å². The van der Waals surface area contributed by atoms with Gasteiger partial charge in [-0.3, -0.25) is 0 Å². The number of imidazole rings is 1. The van der Waals surface area contributed by atoms with Gasteiger partial charge < -0.3 is 15.2 Å². The highest BCUT2D eigenvalue weighted by Crippen LogP contribution is 2.35. The predicted molar refractivity (Wildman–Crippen MR) is 101 cm³/mol.